The molecule has 2 aromatic rings. The van der Waals surface area contributed by atoms with Crippen LogP contribution in [0.4, 0.5) is 11.4 Å². The maximum Gasteiger partial charge on any atom is 0.255 e. The Morgan fingerprint density at radius 3 is 2.15 bits per heavy atom. The van der Waals surface area contributed by atoms with Gasteiger partial charge in [0.2, 0.25) is 5.91 Å². The van der Waals surface area contributed by atoms with Crippen molar-refractivity contribution < 1.29 is 9.59 Å². The zero-order chi connectivity index (χ0) is 18.6. The van der Waals surface area contributed by atoms with Crippen molar-refractivity contribution in [1.82, 2.24) is 0 Å². The van der Waals surface area contributed by atoms with Gasteiger partial charge in [-0.15, -0.1) is 0 Å². The van der Waals surface area contributed by atoms with Crippen molar-refractivity contribution >= 4 is 23.2 Å². The Bertz CT molecular complexity index is 796. The highest BCUT2D eigenvalue weighted by Gasteiger charge is 2.35. The molecule has 4 N–H and O–H groups in total. The number of hydrogen-bond donors (Lipinski definition) is 3. The number of hydrogen-bond acceptors (Lipinski definition) is 3. The third-order valence-corrected chi connectivity index (χ3v) is 5.06. The molecule has 0 bridgehead atoms. The molecule has 0 spiro atoms. The lowest BCUT2D eigenvalue weighted by atomic mass is 9.82. The normalized spacial score (nSPS) is 15.9. The van der Waals surface area contributed by atoms with Gasteiger partial charge in [-0.3, -0.25) is 9.59 Å². The predicted molar refractivity (Wildman–Crippen MR) is 104 cm³/mol. The third-order valence-electron chi connectivity index (χ3n) is 5.06. The molecule has 0 radical (unpaired) electrons. The second kappa shape index (κ2) is 7.70. The van der Waals surface area contributed by atoms with Gasteiger partial charge in [0.25, 0.3) is 5.91 Å². The Hall–Kier alpha value is -2.66. The molecule has 136 valence electrons. The van der Waals surface area contributed by atoms with E-state index in [-0.39, 0.29) is 11.8 Å². The van der Waals surface area contributed by atoms with Crippen LogP contribution in [0.2, 0.25) is 0 Å². The van der Waals surface area contributed by atoms with Crippen LogP contribution in [-0.4, -0.2) is 17.4 Å². The van der Waals surface area contributed by atoms with Gasteiger partial charge in [-0.2, -0.15) is 0 Å². The first-order valence-electron chi connectivity index (χ1n) is 9.06. The molecule has 0 aliphatic heterocycles. The van der Waals surface area contributed by atoms with E-state index >= 15 is 0 Å². The van der Waals surface area contributed by atoms with E-state index in [0.717, 1.165) is 24.8 Å². The molecule has 3 rings (SSSR count). The van der Waals surface area contributed by atoms with Crippen LogP contribution in [-0.2, 0) is 4.79 Å². The molecule has 1 fully saturated rings. The number of nitrogens with one attached hydrogen (secondary N) is 2. The van der Waals surface area contributed by atoms with Crippen molar-refractivity contribution in [3.63, 3.8) is 0 Å². The lowest BCUT2D eigenvalue weighted by molar-refractivity contribution is -0.122. The molecule has 0 unspecified atom stereocenters. The van der Waals surface area contributed by atoms with Gasteiger partial charge >= 0.3 is 0 Å². The lowest BCUT2D eigenvalue weighted by Gasteiger charge is -2.32. The number of carbonyl (C=O) groups is 2. The second-order valence-electron chi connectivity index (χ2n) is 6.97. The van der Waals surface area contributed by atoms with E-state index in [0.29, 0.717) is 29.8 Å². The van der Waals surface area contributed by atoms with Crippen LogP contribution in [0.5, 0.6) is 0 Å². The summed E-state index contributed by atoms with van der Waals surface area (Å²) in [6, 6.07) is 14.5. The maximum atomic E-state index is 12.7. The van der Waals surface area contributed by atoms with Crippen LogP contribution >= 0.6 is 0 Å². The molecule has 0 atom stereocenters. The fourth-order valence-electron chi connectivity index (χ4n) is 3.35. The molecule has 5 nitrogen and oxygen atoms in total. The van der Waals surface area contributed by atoms with Crippen molar-refractivity contribution in [2.45, 2.75) is 44.6 Å². The Morgan fingerprint density at radius 2 is 1.50 bits per heavy atom. The summed E-state index contributed by atoms with van der Waals surface area (Å²) < 4.78 is 0. The van der Waals surface area contributed by atoms with Crippen molar-refractivity contribution in [3.8, 4) is 0 Å². The van der Waals surface area contributed by atoms with Crippen molar-refractivity contribution in [1.29, 1.82) is 0 Å². The molecule has 2 aromatic carbocycles. The summed E-state index contributed by atoms with van der Waals surface area (Å²) in [5.74, 6) is -0.327. The molecule has 5 heteroatoms. The second-order valence-corrected chi connectivity index (χ2v) is 6.97. The first kappa shape index (κ1) is 18.1. The summed E-state index contributed by atoms with van der Waals surface area (Å²) in [6.07, 6.45) is 4.52. The number of benzene rings is 2. The van der Waals surface area contributed by atoms with Gasteiger partial charge in [-0.25, -0.2) is 0 Å². The average molecular weight is 351 g/mol. The van der Waals surface area contributed by atoms with Gasteiger partial charge < -0.3 is 16.4 Å². The van der Waals surface area contributed by atoms with E-state index in [1.807, 2.05) is 43.3 Å². The molecule has 2 amide bonds. The van der Waals surface area contributed by atoms with Crippen LogP contribution in [0, 0.1) is 6.92 Å². The van der Waals surface area contributed by atoms with E-state index < -0.39 is 5.54 Å². The highest BCUT2D eigenvalue weighted by atomic mass is 16.2. The van der Waals surface area contributed by atoms with Crippen LogP contribution in [0.15, 0.2) is 48.5 Å². The number of rotatable bonds is 4. The number of carbonyl (C=O) groups excluding carboxylic acids is 2. The predicted octanol–water partition coefficient (Wildman–Crippen LogP) is 3.85. The Labute approximate surface area is 154 Å². The fraction of sp³-hybridized carbons (Fsp3) is 0.333. The van der Waals surface area contributed by atoms with Gasteiger partial charge in [0, 0.05) is 16.9 Å². The molecular formula is C21H25N3O2. The topological polar surface area (TPSA) is 84.2 Å². The monoisotopic (exact) mass is 351 g/mol. The third kappa shape index (κ3) is 3.94. The minimum Gasteiger partial charge on any atom is -0.324 e. The van der Waals surface area contributed by atoms with Crippen LogP contribution in [0.1, 0.15) is 48.0 Å². The van der Waals surface area contributed by atoms with Crippen molar-refractivity contribution in [3.05, 3.63) is 59.7 Å². The van der Waals surface area contributed by atoms with E-state index in [9.17, 15) is 9.59 Å². The minimum absolute atomic E-state index is 0.146. The largest absolute Gasteiger partial charge is 0.324 e. The fourth-order valence-corrected chi connectivity index (χ4v) is 3.35. The first-order chi connectivity index (χ1) is 12.5. The standard InChI is InChI=1S/C21H25N3O2/c1-15-17(23-19(25)16-9-4-2-5-10-16)11-8-12-18(15)24-20(26)21(22)13-6-3-7-14-21/h2,4-5,8-12H,3,6-7,13-14,22H2,1H3,(H,23,25)(H,24,26). The van der Waals surface area contributed by atoms with Crippen LogP contribution < -0.4 is 16.4 Å². The maximum absolute atomic E-state index is 12.7. The molecule has 1 aliphatic carbocycles. The van der Waals surface area contributed by atoms with Crippen molar-refractivity contribution in [2.75, 3.05) is 10.6 Å². The molecule has 0 heterocycles. The van der Waals surface area contributed by atoms with Crippen LogP contribution in [0.3, 0.4) is 0 Å². The first-order valence-corrected chi connectivity index (χ1v) is 9.06. The van der Waals surface area contributed by atoms with E-state index in [1.54, 1.807) is 12.1 Å². The quantitative estimate of drug-likeness (QED) is 0.782. The zero-order valence-electron chi connectivity index (χ0n) is 15.0. The van der Waals surface area contributed by atoms with E-state index in [4.69, 9.17) is 5.73 Å². The smallest absolute Gasteiger partial charge is 0.255 e. The summed E-state index contributed by atoms with van der Waals surface area (Å²) >= 11 is 0. The average Bonchev–Trinajstić information content (AvgIpc) is 2.66. The summed E-state index contributed by atoms with van der Waals surface area (Å²) in [6.45, 7) is 1.88. The SMILES string of the molecule is Cc1c(NC(=O)c2ccccc2)cccc1NC(=O)C1(N)CCCCC1. The highest BCUT2D eigenvalue weighted by Crippen LogP contribution is 2.29. The van der Waals surface area contributed by atoms with Gasteiger partial charge in [-0.05, 0) is 49.6 Å². The number of nitrogens with two attached hydrogens (primary N) is 1. The molecule has 1 aliphatic rings. The van der Waals surface area contributed by atoms with Gasteiger partial charge in [0.05, 0.1) is 5.54 Å². The van der Waals surface area contributed by atoms with Crippen LogP contribution in [0.25, 0.3) is 0 Å². The highest BCUT2D eigenvalue weighted by molar-refractivity contribution is 6.05. The van der Waals surface area contributed by atoms with E-state index in [2.05, 4.69) is 10.6 Å². The summed E-state index contributed by atoms with van der Waals surface area (Å²) in [4.78, 5) is 25.1. The lowest BCUT2D eigenvalue weighted by Crippen LogP contribution is -2.52. The Balaban J connectivity index is 1.75. The summed E-state index contributed by atoms with van der Waals surface area (Å²) in [7, 11) is 0. The Kier molecular flexibility index (Phi) is 5.38. The molecular weight excluding hydrogens is 326 g/mol. The molecule has 26 heavy (non-hydrogen) atoms. The number of anilines is 2. The Morgan fingerprint density at radius 1 is 0.885 bits per heavy atom. The number of amides is 2. The zero-order valence-corrected chi connectivity index (χ0v) is 15.0. The molecule has 0 saturated heterocycles. The van der Waals surface area contributed by atoms with Gasteiger partial charge in [0.15, 0.2) is 0 Å². The summed E-state index contributed by atoms with van der Waals surface area (Å²) in [5, 5.41) is 5.87. The van der Waals surface area contributed by atoms with E-state index in [1.165, 1.54) is 0 Å². The summed E-state index contributed by atoms with van der Waals surface area (Å²) in [5.41, 5.74) is 8.26. The van der Waals surface area contributed by atoms with Gasteiger partial charge in [-0.1, -0.05) is 43.5 Å². The van der Waals surface area contributed by atoms with Crippen molar-refractivity contribution in [2.24, 2.45) is 5.73 Å². The van der Waals surface area contributed by atoms with Gasteiger partial charge in [0.1, 0.15) is 0 Å². The molecule has 0 aromatic heterocycles. The molecule has 1 saturated carbocycles. The minimum atomic E-state index is -0.798.